The van der Waals surface area contributed by atoms with Gasteiger partial charge in [0.25, 0.3) is 0 Å². The van der Waals surface area contributed by atoms with E-state index in [1.165, 1.54) is 0 Å². The summed E-state index contributed by atoms with van der Waals surface area (Å²) in [5, 5.41) is 0. The Balaban J connectivity index is 0. The van der Waals surface area contributed by atoms with Gasteiger partial charge in [-0.1, -0.05) is 15.2 Å². The summed E-state index contributed by atoms with van der Waals surface area (Å²) in [5.41, 5.74) is 0. The number of rotatable bonds is 0. The van der Waals surface area contributed by atoms with Crippen molar-refractivity contribution < 1.29 is 16.2 Å². The Morgan fingerprint density at radius 1 is 1.17 bits per heavy atom. The van der Waals surface area contributed by atoms with E-state index in [4.69, 9.17) is 8.42 Å². The Morgan fingerprint density at radius 3 is 1.17 bits per heavy atom. The maximum Gasteiger partial charge on any atom is 0.476 e. The summed E-state index contributed by atoms with van der Waals surface area (Å²) < 4.78 is 36.6. The highest BCUT2D eigenvalue weighted by molar-refractivity contribution is 7.81. The molecule has 0 aliphatic heterocycles. The Kier molecular flexibility index (Phi) is 3.19. The molecule has 0 saturated carbocycles. The molecule has 0 fully saturated rings. The summed E-state index contributed by atoms with van der Waals surface area (Å²) >= 11 is 0. The minimum Gasteiger partial charge on any atom is -0.160 e. The summed E-state index contributed by atoms with van der Waals surface area (Å²) in [6, 6.07) is 0. The van der Waals surface area contributed by atoms with Crippen LogP contribution in [0.25, 0.3) is 0 Å². The second-order valence-corrected chi connectivity index (χ2v) is 1.14. The van der Waals surface area contributed by atoms with Gasteiger partial charge in [0, 0.05) is 0 Å². The van der Waals surface area contributed by atoms with Gasteiger partial charge in [0.1, 0.15) is 0 Å². The van der Waals surface area contributed by atoms with E-state index < -0.39 is 10.6 Å². The van der Waals surface area contributed by atoms with Crippen molar-refractivity contribution in [3.05, 3.63) is 0 Å². The Bertz CT molecular complexity index is 94.7. The number of hydrogen-bond donors (Lipinski definition) is 0. The third-order valence-electron chi connectivity index (χ3n) is 0. The normalized spacial score (nSPS) is 9.67. The Hall–Kier alpha value is -0.190. The van der Waals surface area contributed by atoms with Crippen LogP contribution in [0.15, 0.2) is 0 Å². The Labute approximate surface area is 35.3 Å². The van der Waals surface area contributed by atoms with Crippen LogP contribution in [-0.4, -0.2) is 8.42 Å². The lowest BCUT2D eigenvalue weighted by Crippen LogP contribution is -1.69. The van der Waals surface area contributed by atoms with Crippen LogP contribution in [0.5, 0.6) is 0 Å². The van der Waals surface area contributed by atoms with Crippen molar-refractivity contribution in [2.24, 2.45) is 0 Å². The molecular formula is CH4F2O2S. The quantitative estimate of drug-likeness (QED) is 0.441. The minimum atomic E-state index is -5.67. The third kappa shape index (κ3) is 833. The highest BCUT2D eigenvalue weighted by atomic mass is 32.3. The molecule has 0 aliphatic carbocycles. The molecule has 0 aromatic carbocycles. The highest BCUT2D eigenvalue weighted by Gasteiger charge is 1.94. The molecule has 0 bridgehead atoms. The lowest BCUT2D eigenvalue weighted by atomic mass is 12.0. The van der Waals surface area contributed by atoms with E-state index in [0.29, 0.717) is 0 Å². The van der Waals surface area contributed by atoms with Crippen molar-refractivity contribution in [1.29, 1.82) is 0 Å². The molecule has 0 radical (unpaired) electrons. The summed E-state index contributed by atoms with van der Waals surface area (Å²) in [6.45, 7) is 0. The Morgan fingerprint density at radius 2 is 1.17 bits per heavy atom. The van der Waals surface area contributed by atoms with Crippen LogP contribution >= 0.6 is 0 Å². The van der Waals surface area contributed by atoms with Gasteiger partial charge < -0.3 is 0 Å². The van der Waals surface area contributed by atoms with E-state index in [-0.39, 0.29) is 7.43 Å². The summed E-state index contributed by atoms with van der Waals surface area (Å²) in [5.74, 6) is 0. The van der Waals surface area contributed by atoms with Crippen LogP contribution in [0.4, 0.5) is 7.77 Å². The topological polar surface area (TPSA) is 34.1 Å². The van der Waals surface area contributed by atoms with Gasteiger partial charge in [-0.2, -0.15) is 8.42 Å². The van der Waals surface area contributed by atoms with E-state index in [1.807, 2.05) is 0 Å². The van der Waals surface area contributed by atoms with Gasteiger partial charge >= 0.3 is 10.6 Å². The molecule has 0 spiro atoms. The first-order valence-electron chi connectivity index (χ1n) is 0.642. The molecule has 6 heavy (non-hydrogen) atoms. The average molecular weight is 118 g/mol. The van der Waals surface area contributed by atoms with Crippen LogP contribution in [0.2, 0.25) is 0 Å². The second-order valence-electron chi connectivity index (χ2n) is 0.378. The lowest BCUT2D eigenvalue weighted by molar-refractivity contribution is 0.501. The third-order valence-corrected chi connectivity index (χ3v) is 0. The smallest absolute Gasteiger partial charge is 0.160 e. The van der Waals surface area contributed by atoms with Gasteiger partial charge in [-0.25, -0.2) is 0 Å². The first-order chi connectivity index (χ1) is 2.00. The molecule has 0 rings (SSSR count). The molecule has 0 saturated heterocycles. The van der Waals surface area contributed by atoms with Crippen molar-refractivity contribution in [3.63, 3.8) is 0 Å². The van der Waals surface area contributed by atoms with Crippen molar-refractivity contribution in [3.8, 4) is 0 Å². The van der Waals surface area contributed by atoms with Crippen molar-refractivity contribution in [2.75, 3.05) is 0 Å². The molecule has 40 valence electrons. The molecule has 0 aromatic rings. The van der Waals surface area contributed by atoms with Crippen molar-refractivity contribution in [1.82, 2.24) is 0 Å². The minimum absolute atomic E-state index is 0. The van der Waals surface area contributed by atoms with E-state index in [1.54, 1.807) is 0 Å². The standard InChI is InChI=1S/CH4.F2O2S/c;1-5(2,3)4/h1H4;. The molecule has 0 unspecified atom stereocenters. The van der Waals surface area contributed by atoms with Gasteiger partial charge in [0.2, 0.25) is 0 Å². The van der Waals surface area contributed by atoms with Crippen molar-refractivity contribution >= 4 is 10.6 Å². The summed E-state index contributed by atoms with van der Waals surface area (Å²) in [4.78, 5) is 0. The fourth-order valence-corrected chi connectivity index (χ4v) is 0. The van der Waals surface area contributed by atoms with Crippen molar-refractivity contribution in [2.45, 2.75) is 7.43 Å². The second kappa shape index (κ2) is 2.07. The molecule has 0 aromatic heterocycles. The summed E-state index contributed by atoms with van der Waals surface area (Å²) in [7, 11) is -5.67. The van der Waals surface area contributed by atoms with Gasteiger partial charge in [-0.05, 0) is 0 Å². The first-order valence-corrected chi connectivity index (χ1v) is 1.93. The van der Waals surface area contributed by atoms with Gasteiger partial charge in [0.05, 0.1) is 0 Å². The first kappa shape index (κ1) is 9.26. The molecular weight excluding hydrogens is 114 g/mol. The maximum atomic E-state index is 9.99. The van der Waals surface area contributed by atoms with Crippen LogP contribution < -0.4 is 0 Å². The van der Waals surface area contributed by atoms with Gasteiger partial charge in [-0.3, -0.25) is 0 Å². The van der Waals surface area contributed by atoms with E-state index >= 15 is 0 Å². The molecule has 5 heteroatoms. The lowest BCUT2D eigenvalue weighted by Gasteiger charge is -1.57. The number of halogens is 2. The van der Waals surface area contributed by atoms with Crippen LogP contribution in [0.1, 0.15) is 7.43 Å². The number of hydrogen-bond acceptors (Lipinski definition) is 2. The zero-order valence-corrected chi connectivity index (χ0v) is 2.80. The molecule has 0 atom stereocenters. The summed E-state index contributed by atoms with van der Waals surface area (Å²) in [6.07, 6.45) is 0. The highest BCUT2D eigenvalue weighted by Crippen LogP contribution is 1.85. The molecule has 0 N–H and O–H groups in total. The molecule has 0 aliphatic rings. The largest absolute Gasteiger partial charge is 0.476 e. The van der Waals surface area contributed by atoms with E-state index in [2.05, 4.69) is 0 Å². The van der Waals surface area contributed by atoms with E-state index in [0.717, 1.165) is 0 Å². The predicted molar refractivity (Wildman–Crippen MR) is 17.9 cm³/mol. The fourth-order valence-electron chi connectivity index (χ4n) is 0. The molecule has 2 nitrogen and oxygen atoms in total. The predicted octanol–water partition coefficient (Wildman–Crippen LogP) is 0.806. The zero-order valence-electron chi connectivity index (χ0n) is 1.98. The van der Waals surface area contributed by atoms with Gasteiger partial charge in [-0.15, -0.1) is 0 Å². The van der Waals surface area contributed by atoms with Gasteiger partial charge in [0.15, 0.2) is 0 Å². The molecule has 0 amide bonds. The monoisotopic (exact) mass is 118 g/mol. The van der Waals surface area contributed by atoms with Crippen LogP contribution in [-0.2, 0) is 10.6 Å². The van der Waals surface area contributed by atoms with Crippen LogP contribution in [0, 0.1) is 0 Å². The van der Waals surface area contributed by atoms with E-state index in [9.17, 15) is 7.77 Å². The fraction of sp³-hybridized carbons (Fsp3) is 1.00. The maximum absolute atomic E-state index is 9.99. The SMILES string of the molecule is C.O=S(=O)(F)F. The average Bonchev–Trinajstić information content (AvgIpc) is 0.722. The van der Waals surface area contributed by atoms with Crippen LogP contribution in [0.3, 0.4) is 0 Å². The zero-order chi connectivity index (χ0) is 4.50. The molecule has 0 heterocycles.